The van der Waals surface area contributed by atoms with Crippen molar-refractivity contribution in [1.29, 1.82) is 0 Å². The SMILES string of the molecule is COC(=O)/C=C/c1c(C#CCCCCOC2CCCCO2)cccc1OCCCCS(C)(=O)=O. The van der Waals surface area contributed by atoms with Crippen LogP contribution in [0.4, 0.5) is 0 Å². The molecule has 0 N–H and O–H groups in total. The summed E-state index contributed by atoms with van der Waals surface area (Å²) in [6.45, 7) is 1.82. The number of sulfone groups is 1. The summed E-state index contributed by atoms with van der Waals surface area (Å²) in [5.74, 6) is 6.63. The number of unbranched alkanes of at least 4 members (excludes halogenated alkanes) is 3. The highest BCUT2D eigenvalue weighted by atomic mass is 32.2. The lowest BCUT2D eigenvalue weighted by Crippen LogP contribution is -2.22. The standard InChI is InChI=1S/C26H36O7S/c1-30-25(27)17-16-23-22(12-5-3-4-7-19-32-26-15-6-8-20-33-26)13-11-14-24(23)31-18-9-10-21-34(2,28)29/h11,13-14,16-17,26H,3-4,6-10,15,18-21H2,1-2H3/b17-16+. The van der Waals surface area contributed by atoms with E-state index in [1.54, 1.807) is 6.08 Å². The third kappa shape index (κ3) is 11.7. The summed E-state index contributed by atoms with van der Waals surface area (Å²) >= 11 is 0. The normalized spacial score (nSPS) is 16.1. The van der Waals surface area contributed by atoms with Gasteiger partial charge in [0.1, 0.15) is 15.6 Å². The zero-order valence-electron chi connectivity index (χ0n) is 20.2. The van der Waals surface area contributed by atoms with Gasteiger partial charge in [0.05, 0.1) is 19.5 Å². The highest BCUT2D eigenvalue weighted by Crippen LogP contribution is 2.24. The van der Waals surface area contributed by atoms with E-state index in [0.29, 0.717) is 37.4 Å². The lowest BCUT2D eigenvalue weighted by atomic mass is 10.1. The highest BCUT2D eigenvalue weighted by Gasteiger charge is 2.13. The summed E-state index contributed by atoms with van der Waals surface area (Å²) in [5.41, 5.74) is 1.45. The van der Waals surface area contributed by atoms with E-state index in [1.807, 2.05) is 18.2 Å². The fraction of sp³-hybridized carbons (Fsp3) is 0.577. The van der Waals surface area contributed by atoms with Gasteiger partial charge >= 0.3 is 5.97 Å². The maximum absolute atomic E-state index is 11.6. The van der Waals surface area contributed by atoms with Crippen LogP contribution < -0.4 is 4.74 Å². The van der Waals surface area contributed by atoms with Crippen LogP contribution in [0.2, 0.25) is 0 Å². The molecule has 1 unspecified atom stereocenters. The molecule has 0 saturated carbocycles. The van der Waals surface area contributed by atoms with E-state index < -0.39 is 15.8 Å². The molecular formula is C26H36O7S. The number of ether oxygens (including phenoxy) is 4. The topological polar surface area (TPSA) is 88.1 Å². The molecule has 0 bridgehead atoms. The third-order valence-corrected chi connectivity index (χ3v) is 6.21. The fourth-order valence-corrected chi connectivity index (χ4v) is 4.08. The minimum Gasteiger partial charge on any atom is -0.493 e. The molecule has 7 nitrogen and oxygen atoms in total. The van der Waals surface area contributed by atoms with Gasteiger partial charge in [0.2, 0.25) is 0 Å². The summed E-state index contributed by atoms with van der Waals surface area (Å²) in [6, 6.07) is 5.54. The number of hydrogen-bond acceptors (Lipinski definition) is 7. The number of benzene rings is 1. The van der Waals surface area contributed by atoms with Crippen molar-refractivity contribution >= 4 is 21.9 Å². The van der Waals surface area contributed by atoms with E-state index in [9.17, 15) is 13.2 Å². The Kier molecular flexibility index (Phi) is 12.8. The summed E-state index contributed by atoms with van der Waals surface area (Å²) in [7, 11) is -1.66. The lowest BCUT2D eigenvalue weighted by Gasteiger charge is -2.22. The predicted molar refractivity (Wildman–Crippen MR) is 132 cm³/mol. The van der Waals surface area contributed by atoms with Crippen LogP contribution in [-0.2, 0) is 28.8 Å². The summed E-state index contributed by atoms with van der Waals surface area (Å²) in [4.78, 5) is 11.6. The number of rotatable bonds is 13. The molecule has 0 spiro atoms. The smallest absolute Gasteiger partial charge is 0.330 e. The van der Waals surface area contributed by atoms with E-state index in [4.69, 9.17) is 18.9 Å². The molecule has 1 fully saturated rings. The molecule has 1 aromatic carbocycles. The van der Waals surface area contributed by atoms with Crippen LogP contribution in [0.15, 0.2) is 24.3 Å². The monoisotopic (exact) mass is 492 g/mol. The van der Waals surface area contributed by atoms with Gasteiger partial charge in [0, 0.05) is 43.1 Å². The maximum Gasteiger partial charge on any atom is 0.330 e. The van der Waals surface area contributed by atoms with Gasteiger partial charge in [-0.25, -0.2) is 13.2 Å². The molecule has 1 aromatic rings. The molecule has 0 amide bonds. The zero-order valence-corrected chi connectivity index (χ0v) is 21.0. The van der Waals surface area contributed by atoms with Gasteiger partial charge in [-0.15, -0.1) is 0 Å². The minimum absolute atomic E-state index is 0.0573. The van der Waals surface area contributed by atoms with Crippen LogP contribution >= 0.6 is 0 Å². The van der Waals surface area contributed by atoms with Gasteiger partial charge in [-0.2, -0.15) is 0 Å². The number of hydrogen-bond donors (Lipinski definition) is 0. The molecule has 1 aliphatic rings. The van der Waals surface area contributed by atoms with Crippen molar-refractivity contribution in [1.82, 2.24) is 0 Å². The lowest BCUT2D eigenvalue weighted by molar-refractivity contribution is -0.162. The first-order chi connectivity index (χ1) is 16.4. The molecule has 8 heteroatoms. The quantitative estimate of drug-likeness (QED) is 0.177. The molecule has 0 aromatic heterocycles. The van der Waals surface area contributed by atoms with Crippen LogP contribution in [0.1, 0.15) is 62.5 Å². The van der Waals surface area contributed by atoms with Crippen molar-refractivity contribution in [2.24, 2.45) is 0 Å². The number of esters is 1. The van der Waals surface area contributed by atoms with Gasteiger partial charge < -0.3 is 18.9 Å². The molecule has 188 valence electrons. The Bertz CT molecular complexity index is 951. The van der Waals surface area contributed by atoms with Crippen molar-refractivity contribution < 1.29 is 32.2 Å². The Morgan fingerprint density at radius 2 is 2.00 bits per heavy atom. The molecule has 2 rings (SSSR count). The second-order valence-electron chi connectivity index (χ2n) is 8.19. The van der Waals surface area contributed by atoms with Crippen LogP contribution in [-0.4, -0.2) is 59.6 Å². The third-order valence-electron chi connectivity index (χ3n) is 5.18. The largest absolute Gasteiger partial charge is 0.493 e. The van der Waals surface area contributed by atoms with Gasteiger partial charge in [0.15, 0.2) is 6.29 Å². The Labute approximate surface area is 203 Å². The van der Waals surface area contributed by atoms with Crippen LogP contribution in [0, 0.1) is 11.8 Å². The van der Waals surface area contributed by atoms with Crippen molar-refractivity contribution in [3.05, 3.63) is 35.4 Å². The molecule has 1 atom stereocenters. The second kappa shape index (κ2) is 15.5. The molecule has 34 heavy (non-hydrogen) atoms. The number of carbonyl (C=O) groups is 1. The number of carbonyl (C=O) groups excluding carboxylic acids is 1. The second-order valence-corrected chi connectivity index (χ2v) is 10.4. The zero-order chi connectivity index (χ0) is 24.7. The van der Waals surface area contributed by atoms with Crippen LogP contribution in [0.25, 0.3) is 6.08 Å². The summed E-state index contributed by atoms with van der Waals surface area (Å²) in [5, 5.41) is 0. The first kappa shape index (κ1) is 27.9. The van der Waals surface area contributed by atoms with E-state index >= 15 is 0 Å². The van der Waals surface area contributed by atoms with Crippen LogP contribution in [0.3, 0.4) is 0 Å². The summed E-state index contributed by atoms with van der Waals surface area (Å²) < 4.78 is 44.4. The number of methoxy groups -OCH3 is 1. The first-order valence-corrected chi connectivity index (χ1v) is 13.9. The van der Waals surface area contributed by atoms with Crippen molar-refractivity contribution in [3.63, 3.8) is 0 Å². The fourth-order valence-electron chi connectivity index (χ4n) is 3.35. The summed E-state index contributed by atoms with van der Waals surface area (Å²) in [6.07, 6.45) is 11.1. The predicted octanol–water partition coefficient (Wildman–Crippen LogP) is 4.14. The van der Waals surface area contributed by atoms with Crippen LogP contribution in [0.5, 0.6) is 5.75 Å². The maximum atomic E-state index is 11.6. The van der Waals surface area contributed by atoms with Crippen molar-refractivity contribution in [3.8, 4) is 17.6 Å². The van der Waals surface area contributed by atoms with E-state index in [2.05, 4.69) is 11.8 Å². The molecule has 1 aliphatic heterocycles. The molecule has 1 saturated heterocycles. The Balaban J connectivity index is 1.91. The average Bonchev–Trinajstić information content (AvgIpc) is 2.82. The molecule has 0 aliphatic carbocycles. The Morgan fingerprint density at radius 3 is 2.74 bits per heavy atom. The highest BCUT2D eigenvalue weighted by molar-refractivity contribution is 7.90. The molecule has 0 radical (unpaired) electrons. The first-order valence-electron chi connectivity index (χ1n) is 11.8. The molecule has 1 heterocycles. The van der Waals surface area contributed by atoms with Crippen molar-refractivity contribution in [2.75, 3.05) is 38.9 Å². The van der Waals surface area contributed by atoms with Gasteiger partial charge in [-0.05, 0) is 63.2 Å². The Hall–Kier alpha value is -2.34. The molecular weight excluding hydrogens is 456 g/mol. The van der Waals surface area contributed by atoms with E-state index in [0.717, 1.165) is 50.7 Å². The Morgan fingerprint density at radius 1 is 1.18 bits per heavy atom. The minimum atomic E-state index is -2.98. The van der Waals surface area contributed by atoms with E-state index in [-0.39, 0.29) is 12.0 Å². The van der Waals surface area contributed by atoms with Gasteiger partial charge in [-0.1, -0.05) is 17.9 Å². The van der Waals surface area contributed by atoms with Gasteiger partial charge in [0.25, 0.3) is 0 Å². The van der Waals surface area contributed by atoms with E-state index in [1.165, 1.54) is 19.4 Å². The van der Waals surface area contributed by atoms with Crippen molar-refractivity contribution in [2.45, 2.75) is 57.7 Å². The average molecular weight is 493 g/mol. The van der Waals surface area contributed by atoms with Gasteiger partial charge in [-0.3, -0.25) is 0 Å².